The molecule has 0 saturated carbocycles. The summed E-state index contributed by atoms with van der Waals surface area (Å²) in [4.78, 5) is 0. The summed E-state index contributed by atoms with van der Waals surface area (Å²) in [5.41, 5.74) is 0.620. The second-order valence-electron chi connectivity index (χ2n) is 3.74. The van der Waals surface area contributed by atoms with Gasteiger partial charge in [0.05, 0.1) is 24.1 Å². The van der Waals surface area contributed by atoms with Crippen LogP contribution in [0.1, 0.15) is 5.56 Å². The Morgan fingerprint density at radius 1 is 1.41 bits per heavy atom. The number of hydrogen-bond acceptors (Lipinski definition) is 3. The quantitative estimate of drug-likeness (QED) is 0.872. The maximum Gasteiger partial charge on any atom is 0.210 e. The molecule has 1 aromatic rings. The van der Waals surface area contributed by atoms with E-state index >= 15 is 0 Å². The van der Waals surface area contributed by atoms with E-state index in [1.807, 2.05) is 0 Å². The van der Waals surface area contributed by atoms with Gasteiger partial charge in [-0.25, -0.2) is 0 Å². The first kappa shape index (κ1) is 13.4. The number of benzene rings is 1. The lowest BCUT2D eigenvalue weighted by Crippen LogP contribution is -2.31. The van der Waals surface area contributed by atoms with Crippen LogP contribution in [-0.2, 0) is 15.3 Å². The highest BCUT2D eigenvalue weighted by molar-refractivity contribution is 6.35. The molecule has 0 radical (unpaired) electrons. The normalized spacial score (nSPS) is 28.6. The summed E-state index contributed by atoms with van der Waals surface area (Å²) in [5, 5.41) is 10.0. The largest absolute Gasteiger partial charge is 0.394 e. The SMILES string of the molecule is OC[C@H]1CO[C@](CCl)(c2ccc(Cl)cc2Cl)O1. The molecule has 1 aromatic carbocycles. The van der Waals surface area contributed by atoms with E-state index in [0.717, 1.165) is 0 Å². The Balaban J connectivity index is 2.35. The molecule has 1 heterocycles. The first-order chi connectivity index (χ1) is 8.11. The van der Waals surface area contributed by atoms with Gasteiger partial charge in [0.2, 0.25) is 5.79 Å². The van der Waals surface area contributed by atoms with E-state index in [1.54, 1.807) is 18.2 Å². The number of hydrogen-bond donors (Lipinski definition) is 1. The maximum absolute atomic E-state index is 9.05. The number of ether oxygens (including phenoxy) is 2. The average molecular weight is 298 g/mol. The van der Waals surface area contributed by atoms with Crippen molar-refractivity contribution in [2.45, 2.75) is 11.9 Å². The molecule has 3 nitrogen and oxygen atoms in total. The molecular weight excluding hydrogens is 286 g/mol. The Morgan fingerprint density at radius 2 is 2.18 bits per heavy atom. The van der Waals surface area contributed by atoms with Crippen molar-refractivity contribution in [3.63, 3.8) is 0 Å². The summed E-state index contributed by atoms with van der Waals surface area (Å²) in [6, 6.07) is 5.01. The molecule has 1 fully saturated rings. The molecule has 0 spiro atoms. The molecule has 1 aliphatic heterocycles. The Morgan fingerprint density at radius 3 is 2.71 bits per heavy atom. The minimum atomic E-state index is -1.10. The van der Waals surface area contributed by atoms with E-state index in [4.69, 9.17) is 49.4 Å². The number of aliphatic hydroxyl groups is 1. The third-order valence-electron chi connectivity index (χ3n) is 2.58. The van der Waals surface area contributed by atoms with Crippen LogP contribution in [0.2, 0.25) is 10.0 Å². The standard InChI is InChI=1S/C11H11Cl3O3/c12-6-11(16-5-8(4-15)17-11)9-2-1-7(13)3-10(9)14/h1-3,8,15H,4-6H2/t8-,11-/m0/s1. The zero-order valence-corrected chi connectivity index (χ0v) is 11.1. The van der Waals surface area contributed by atoms with Crippen LogP contribution in [0.5, 0.6) is 0 Å². The summed E-state index contributed by atoms with van der Waals surface area (Å²) in [5.74, 6) is -1.01. The lowest BCUT2D eigenvalue weighted by molar-refractivity contribution is -0.162. The molecule has 2 atom stereocenters. The van der Waals surface area contributed by atoms with E-state index < -0.39 is 5.79 Å². The fourth-order valence-corrected chi connectivity index (χ4v) is 2.57. The van der Waals surface area contributed by atoms with Crippen LogP contribution < -0.4 is 0 Å². The van der Waals surface area contributed by atoms with Crippen LogP contribution in [0, 0.1) is 0 Å². The van der Waals surface area contributed by atoms with Gasteiger partial charge in [0, 0.05) is 10.6 Å². The molecule has 1 saturated heterocycles. The van der Waals surface area contributed by atoms with Crippen molar-refractivity contribution in [2.75, 3.05) is 19.1 Å². The van der Waals surface area contributed by atoms with E-state index in [0.29, 0.717) is 15.6 Å². The summed E-state index contributed by atoms with van der Waals surface area (Å²) in [6.45, 7) is 0.159. The van der Waals surface area contributed by atoms with Crippen molar-refractivity contribution >= 4 is 34.8 Å². The van der Waals surface area contributed by atoms with Crippen LogP contribution in [0.25, 0.3) is 0 Å². The number of halogens is 3. The highest BCUT2D eigenvalue weighted by Crippen LogP contribution is 2.39. The van der Waals surface area contributed by atoms with Gasteiger partial charge in [-0.15, -0.1) is 11.6 Å². The third kappa shape index (κ3) is 2.55. The van der Waals surface area contributed by atoms with Crippen molar-refractivity contribution < 1.29 is 14.6 Å². The summed E-state index contributed by atoms with van der Waals surface area (Å²) in [7, 11) is 0. The molecule has 0 unspecified atom stereocenters. The van der Waals surface area contributed by atoms with E-state index in [2.05, 4.69) is 0 Å². The Labute approximate surface area is 114 Å². The highest BCUT2D eigenvalue weighted by Gasteiger charge is 2.43. The summed E-state index contributed by atoms with van der Waals surface area (Å²) >= 11 is 17.8. The van der Waals surface area contributed by atoms with Gasteiger partial charge in [-0.2, -0.15) is 0 Å². The maximum atomic E-state index is 9.05. The molecular formula is C11H11Cl3O3. The zero-order valence-electron chi connectivity index (χ0n) is 8.83. The number of rotatable bonds is 3. The molecule has 0 aliphatic carbocycles. The Hall–Kier alpha value is -0.0300. The second kappa shape index (κ2) is 5.31. The Bertz CT molecular complexity index is 413. The molecule has 17 heavy (non-hydrogen) atoms. The Kier molecular flexibility index (Phi) is 4.18. The van der Waals surface area contributed by atoms with Crippen molar-refractivity contribution in [2.24, 2.45) is 0 Å². The van der Waals surface area contributed by atoms with E-state index in [9.17, 15) is 0 Å². The third-order valence-corrected chi connectivity index (χ3v) is 3.48. The van der Waals surface area contributed by atoms with E-state index in [-0.39, 0.29) is 25.2 Å². The minimum absolute atomic E-state index is 0.0881. The molecule has 0 amide bonds. The average Bonchev–Trinajstić information content (AvgIpc) is 2.74. The molecule has 94 valence electrons. The lowest BCUT2D eigenvalue weighted by Gasteiger charge is -2.27. The summed E-state index contributed by atoms with van der Waals surface area (Å²) in [6.07, 6.45) is -0.388. The number of aliphatic hydroxyl groups excluding tert-OH is 1. The smallest absolute Gasteiger partial charge is 0.210 e. The topological polar surface area (TPSA) is 38.7 Å². The number of alkyl halides is 1. The second-order valence-corrected chi connectivity index (χ2v) is 4.86. The van der Waals surface area contributed by atoms with Crippen LogP contribution in [0.3, 0.4) is 0 Å². The predicted octanol–water partition coefficient (Wildman–Crippen LogP) is 2.79. The van der Waals surface area contributed by atoms with Gasteiger partial charge in [0.1, 0.15) is 6.10 Å². The van der Waals surface area contributed by atoms with Crippen molar-refractivity contribution in [1.82, 2.24) is 0 Å². The lowest BCUT2D eigenvalue weighted by atomic mass is 10.1. The van der Waals surface area contributed by atoms with Gasteiger partial charge in [0.15, 0.2) is 0 Å². The van der Waals surface area contributed by atoms with Gasteiger partial charge in [0.25, 0.3) is 0 Å². The van der Waals surface area contributed by atoms with Gasteiger partial charge >= 0.3 is 0 Å². The molecule has 1 aliphatic rings. The van der Waals surface area contributed by atoms with E-state index in [1.165, 1.54) is 0 Å². The van der Waals surface area contributed by atoms with Crippen LogP contribution in [0.15, 0.2) is 18.2 Å². The van der Waals surface area contributed by atoms with Crippen molar-refractivity contribution in [3.05, 3.63) is 33.8 Å². The highest BCUT2D eigenvalue weighted by atomic mass is 35.5. The zero-order chi connectivity index (χ0) is 12.5. The van der Waals surface area contributed by atoms with Gasteiger partial charge < -0.3 is 14.6 Å². The molecule has 2 rings (SSSR count). The van der Waals surface area contributed by atoms with Gasteiger partial charge in [-0.1, -0.05) is 29.3 Å². The first-order valence-electron chi connectivity index (χ1n) is 5.05. The fraction of sp³-hybridized carbons (Fsp3) is 0.455. The van der Waals surface area contributed by atoms with Crippen LogP contribution in [0.4, 0.5) is 0 Å². The molecule has 0 bridgehead atoms. The van der Waals surface area contributed by atoms with Gasteiger partial charge in [-0.05, 0) is 12.1 Å². The predicted molar refractivity (Wildman–Crippen MR) is 66.8 cm³/mol. The molecule has 6 heteroatoms. The fourth-order valence-electron chi connectivity index (χ4n) is 1.74. The van der Waals surface area contributed by atoms with Crippen molar-refractivity contribution in [1.29, 1.82) is 0 Å². The first-order valence-corrected chi connectivity index (χ1v) is 6.34. The van der Waals surface area contributed by atoms with Crippen molar-refractivity contribution in [3.8, 4) is 0 Å². The minimum Gasteiger partial charge on any atom is -0.394 e. The van der Waals surface area contributed by atoms with Crippen LogP contribution in [-0.4, -0.2) is 30.3 Å². The van der Waals surface area contributed by atoms with Gasteiger partial charge in [-0.3, -0.25) is 0 Å². The molecule has 0 aromatic heterocycles. The molecule has 1 N–H and O–H groups in total. The monoisotopic (exact) mass is 296 g/mol. The van der Waals surface area contributed by atoms with Crippen LogP contribution >= 0.6 is 34.8 Å². The summed E-state index contributed by atoms with van der Waals surface area (Å²) < 4.78 is 11.2.